The van der Waals surface area contributed by atoms with E-state index in [2.05, 4.69) is 30.9 Å². The number of carboxylic acid groups (broad SMARTS) is 1. The van der Waals surface area contributed by atoms with Crippen LogP contribution in [0.3, 0.4) is 0 Å². The highest BCUT2D eigenvalue weighted by molar-refractivity contribution is 8.00. The summed E-state index contributed by atoms with van der Waals surface area (Å²) in [5.74, 6) is -1.24. The Kier molecular flexibility index (Phi) is 6.33. The van der Waals surface area contributed by atoms with Crippen LogP contribution >= 0.6 is 34.9 Å². The molecule has 4 rings (SSSR count). The lowest BCUT2D eigenvalue weighted by molar-refractivity contribution is -0.150. The molecule has 13 nitrogen and oxygen atoms in total. The molecule has 1 fully saturated rings. The Hall–Kier alpha value is -3.11. The molecule has 6 N–H and O–H groups in total. The second-order valence-corrected chi connectivity index (χ2v) is 9.57. The van der Waals surface area contributed by atoms with Gasteiger partial charge in [0.2, 0.25) is 0 Å². The molecule has 2 amide bonds. The van der Waals surface area contributed by atoms with E-state index >= 15 is 0 Å². The van der Waals surface area contributed by atoms with E-state index in [9.17, 15) is 24.7 Å². The third-order valence-corrected chi connectivity index (χ3v) is 7.67. The Morgan fingerprint density at radius 3 is 2.88 bits per heavy atom. The number of nitrogens with zero attached hydrogens (tertiary/aromatic N) is 5. The number of nitrogens with two attached hydrogens (primary N) is 1. The lowest BCUT2D eigenvalue weighted by Crippen LogP contribution is -2.71. The average Bonchev–Trinajstić information content (AvgIpc) is 3.44. The van der Waals surface area contributed by atoms with Gasteiger partial charge in [0.05, 0.1) is 11.9 Å². The van der Waals surface area contributed by atoms with E-state index in [4.69, 9.17) is 5.73 Å². The predicted octanol–water partition coefficient (Wildman–Crippen LogP) is -0.306. The number of aromatic amines is 1. The lowest BCUT2D eigenvalue weighted by Gasteiger charge is -2.49. The van der Waals surface area contributed by atoms with Crippen LogP contribution in [-0.2, 0) is 20.1 Å². The lowest BCUT2D eigenvalue weighted by atomic mass is 10.0. The Balaban J connectivity index is 1.44. The number of anilines is 1. The van der Waals surface area contributed by atoms with Crippen molar-refractivity contribution >= 4 is 63.5 Å². The average molecular weight is 497 g/mol. The molecule has 4 heterocycles. The summed E-state index contributed by atoms with van der Waals surface area (Å²) in [4.78, 5) is 42.3. The zero-order chi connectivity index (χ0) is 22.8. The number of hydrogen-bond donors (Lipinski definition) is 5. The Morgan fingerprint density at radius 2 is 2.25 bits per heavy atom. The molecule has 0 aliphatic carbocycles. The fraction of sp³-hybridized carbons (Fsp3) is 0.312. The monoisotopic (exact) mass is 496 g/mol. The van der Waals surface area contributed by atoms with Gasteiger partial charge in [0.25, 0.3) is 11.8 Å². The van der Waals surface area contributed by atoms with Gasteiger partial charge in [-0.2, -0.15) is 27.2 Å². The number of carbonyl (C=O) groups excluding carboxylic acids is 2. The maximum Gasteiger partial charge on any atom is 0.352 e. The summed E-state index contributed by atoms with van der Waals surface area (Å²) >= 11 is 3.87. The largest absolute Gasteiger partial charge is 0.477 e. The van der Waals surface area contributed by atoms with Crippen LogP contribution in [0.4, 0.5) is 5.13 Å². The molecule has 1 saturated heterocycles. The number of carboxylic acids is 1. The molecule has 168 valence electrons. The number of fused-ring (bicyclic) bond motifs is 1. The molecule has 2 aromatic rings. The van der Waals surface area contributed by atoms with Crippen molar-refractivity contribution in [3.8, 4) is 0 Å². The van der Waals surface area contributed by atoms with Crippen LogP contribution in [-0.4, -0.2) is 82.0 Å². The molecule has 32 heavy (non-hydrogen) atoms. The first-order valence-corrected chi connectivity index (χ1v) is 12.1. The molecule has 2 aromatic heterocycles. The van der Waals surface area contributed by atoms with Crippen molar-refractivity contribution in [3.63, 3.8) is 0 Å². The number of thioether (sulfide) groups is 2. The van der Waals surface area contributed by atoms with E-state index in [0.717, 1.165) is 17.0 Å². The number of hydrogen-bond acceptors (Lipinski definition) is 12. The molecule has 0 aromatic carbocycles. The highest BCUT2D eigenvalue weighted by atomic mass is 32.2. The van der Waals surface area contributed by atoms with Gasteiger partial charge in [0.1, 0.15) is 22.8 Å². The van der Waals surface area contributed by atoms with E-state index in [1.54, 1.807) is 6.20 Å². The molecular formula is C16H16N8O5S3. The van der Waals surface area contributed by atoms with Gasteiger partial charge in [-0.1, -0.05) is 5.16 Å². The van der Waals surface area contributed by atoms with Gasteiger partial charge in [-0.25, -0.2) is 9.78 Å². The summed E-state index contributed by atoms with van der Waals surface area (Å²) in [5.41, 5.74) is 6.51. The van der Waals surface area contributed by atoms with E-state index in [0.29, 0.717) is 22.8 Å². The van der Waals surface area contributed by atoms with Crippen molar-refractivity contribution in [1.29, 1.82) is 0 Å². The molecule has 0 unspecified atom stereocenters. The minimum atomic E-state index is -1.21. The summed E-state index contributed by atoms with van der Waals surface area (Å²) < 4.78 is 0. The zero-order valence-electron chi connectivity index (χ0n) is 16.1. The van der Waals surface area contributed by atoms with Crippen molar-refractivity contribution in [2.24, 2.45) is 5.16 Å². The van der Waals surface area contributed by atoms with E-state index in [-0.39, 0.29) is 22.2 Å². The summed E-state index contributed by atoms with van der Waals surface area (Å²) in [5, 5.41) is 35.6. The number of thiazole rings is 1. The van der Waals surface area contributed by atoms with E-state index in [1.165, 1.54) is 33.8 Å². The SMILES string of the molecule is Nc1nc(/C(=N/O)C(=O)N[C@@H]2C(=O)N3C(C(=O)O)=C(CSCc4cn[nH]n4)CS[C@H]23)cs1. The van der Waals surface area contributed by atoms with Crippen LogP contribution in [0.2, 0.25) is 0 Å². The van der Waals surface area contributed by atoms with Crippen molar-refractivity contribution < 1.29 is 24.7 Å². The highest BCUT2D eigenvalue weighted by Crippen LogP contribution is 2.41. The van der Waals surface area contributed by atoms with Gasteiger partial charge in [-0.15, -0.1) is 23.1 Å². The second kappa shape index (κ2) is 9.17. The normalized spacial score (nSPS) is 20.7. The topological polar surface area (TPSA) is 200 Å². The van der Waals surface area contributed by atoms with Crippen molar-refractivity contribution in [3.05, 3.63) is 34.2 Å². The first-order valence-electron chi connectivity index (χ1n) is 8.97. The third kappa shape index (κ3) is 4.15. The number of nitrogens with one attached hydrogen (secondary N) is 2. The number of rotatable bonds is 8. The Labute approximate surface area is 192 Å². The molecule has 0 bridgehead atoms. The standard InChI is InChI=1S/C16H16N8O5S3/c17-16-19-8(5-32-16)9(22-29)12(25)20-10-13(26)24-11(15(27)28)6(3-31-14(10)24)2-30-4-7-1-18-23-21-7/h1,5,10,14,29H,2-4H2,(H2,17,19)(H,20,25)(H,27,28)(H,18,21,23)/b22-9-/t10-,14-/m1/s1. The van der Waals surface area contributed by atoms with Gasteiger partial charge < -0.3 is 21.4 Å². The summed E-state index contributed by atoms with van der Waals surface area (Å²) in [6.45, 7) is 0. The molecule has 0 spiro atoms. The first kappa shape index (κ1) is 22.1. The quantitative estimate of drug-likeness (QED) is 0.139. The minimum absolute atomic E-state index is 0.0692. The summed E-state index contributed by atoms with van der Waals surface area (Å²) in [6.07, 6.45) is 1.58. The number of carbonyl (C=O) groups is 3. The van der Waals surface area contributed by atoms with Crippen LogP contribution in [0.15, 0.2) is 28.0 Å². The van der Waals surface area contributed by atoms with Gasteiger partial charge in [0, 0.05) is 22.6 Å². The Morgan fingerprint density at radius 1 is 1.44 bits per heavy atom. The molecule has 16 heteroatoms. The van der Waals surface area contributed by atoms with Crippen LogP contribution in [0.1, 0.15) is 11.4 Å². The van der Waals surface area contributed by atoms with Crippen LogP contribution in [0.5, 0.6) is 0 Å². The van der Waals surface area contributed by atoms with Gasteiger partial charge in [-0.3, -0.25) is 14.5 Å². The van der Waals surface area contributed by atoms with E-state index < -0.39 is 29.2 Å². The minimum Gasteiger partial charge on any atom is -0.477 e. The molecule has 2 aliphatic rings. The second-order valence-electron chi connectivity index (χ2n) is 6.59. The van der Waals surface area contributed by atoms with Crippen LogP contribution in [0.25, 0.3) is 0 Å². The molecule has 0 saturated carbocycles. The predicted molar refractivity (Wildman–Crippen MR) is 117 cm³/mol. The molecule has 2 atom stereocenters. The summed E-state index contributed by atoms with van der Waals surface area (Å²) in [7, 11) is 0. The molecule has 0 radical (unpaired) electrons. The number of amides is 2. The van der Waals surface area contributed by atoms with Gasteiger partial charge in [0.15, 0.2) is 10.8 Å². The fourth-order valence-electron chi connectivity index (χ4n) is 3.19. The summed E-state index contributed by atoms with van der Waals surface area (Å²) in [6, 6.07) is -0.959. The number of H-pyrrole nitrogens is 1. The van der Waals surface area contributed by atoms with Crippen LogP contribution < -0.4 is 11.1 Å². The number of β-lactam (4-membered cyclic amide) rings is 1. The maximum atomic E-state index is 12.7. The molecule has 2 aliphatic heterocycles. The number of nitrogen functional groups attached to an aromatic ring is 1. The number of aromatic nitrogens is 4. The van der Waals surface area contributed by atoms with Crippen molar-refractivity contribution in [2.75, 3.05) is 17.2 Å². The van der Waals surface area contributed by atoms with E-state index in [1.807, 2.05) is 0 Å². The number of oxime groups is 1. The zero-order valence-corrected chi connectivity index (χ0v) is 18.5. The van der Waals surface area contributed by atoms with Gasteiger partial charge in [-0.05, 0) is 5.57 Å². The smallest absolute Gasteiger partial charge is 0.352 e. The van der Waals surface area contributed by atoms with Gasteiger partial charge >= 0.3 is 5.97 Å². The Bertz CT molecular complexity index is 1110. The van der Waals surface area contributed by atoms with Crippen LogP contribution in [0, 0.1) is 0 Å². The number of aliphatic carboxylic acids is 1. The highest BCUT2D eigenvalue weighted by Gasteiger charge is 2.54. The first-order chi connectivity index (χ1) is 15.4. The van der Waals surface area contributed by atoms with Crippen molar-refractivity contribution in [1.82, 2.24) is 30.6 Å². The van der Waals surface area contributed by atoms with Crippen molar-refractivity contribution in [2.45, 2.75) is 17.2 Å². The molecular weight excluding hydrogens is 480 g/mol. The third-order valence-electron chi connectivity index (χ3n) is 4.61. The maximum absolute atomic E-state index is 12.7. The fourth-order valence-corrected chi connectivity index (χ4v) is 6.15.